The molecule has 0 atom stereocenters. The molecule has 1 amide bonds. The molecule has 0 aromatic heterocycles. The number of amides is 1. The maximum Gasteiger partial charge on any atom is 0.204 e. The van der Waals surface area contributed by atoms with Gasteiger partial charge in [0, 0.05) is 6.61 Å². The van der Waals surface area contributed by atoms with Gasteiger partial charge in [-0.2, -0.15) is 0 Å². The third kappa shape index (κ3) is 53.8. The summed E-state index contributed by atoms with van der Waals surface area (Å²) < 4.78 is 0. The van der Waals surface area contributed by atoms with E-state index in [0.717, 1.165) is 6.42 Å². The van der Waals surface area contributed by atoms with Crippen molar-refractivity contribution in [1.29, 1.82) is 0 Å². The molecule has 0 rings (SSSR count). The van der Waals surface area contributed by atoms with E-state index in [2.05, 4.69) is 5.73 Å². The fourth-order valence-corrected chi connectivity index (χ4v) is 0.0913. The Morgan fingerprint density at radius 2 is 2.00 bits per heavy atom. The number of carbonyl (C=O) groups is 1. The Hall–Kier alpha value is -0.610. The number of aliphatic hydroxyl groups is 1. The van der Waals surface area contributed by atoms with E-state index in [9.17, 15) is 0 Å². The van der Waals surface area contributed by atoms with Crippen LogP contribution in [-0.4, -0.2) is 24.7 Å². The molecule has 0 radical (unpaired) electrons. The molecule has 0 saturated heterocycles. The molecule has 0 unspecified atom stereocenters. The second-order valence-electron chi connectivity index (χ2n) is 1.00. The van der Waals surface area contributed by atoms with E-state index in [1.807, 2.05) is 0 Å². The predicted octanol–water partition coefficient (Wildman–Crippen LogP) is -1.57. The molecule has 0 bridgehead atoms. The van der Waals surface area contributed by atoms with E-state index in [-0.39, 0.29) is 13.0 Å². The summed E-state index contributed by atoms with van der Waals surface area (Å²) in [4.78, 5) is 8.58. The van der Waals surface area contributed by atoms with Gasteiger partial charge in [-0.05, 0) is 13.0 Å². The number of nitrogens with two attached hydrogens (primary N) is 2. The molecule has 0 aromatic rings. The van der Waals surface area contributed by atoms with Crippen molar-refractivity contribution in [2.75, 3.05) is 13.2 Å². The van der Waals surface area contributed by atoms with Gasteiger partial charge in [-0.3, -0.25) is 4.79 Å². The maximum absolute atomic E-state index is 8.58. The number of primary amides is 1. The first-order chi connectivity index (χ1) is 3.83. The molecule has 4 heteroatoms. The van der Waals surface area contributed by atoms with Gasteiger partial charge in [0.2, 0.25) is 6.41 Å². The molecule has 0 saturated carbocycles. The summed E-state index contributed by atoms with van der Waals surface area (Å²) in [6.07, 6.45) is 0.972. The van der Waals surface area contributed by atoms with Crippen LogP contribution in [0.3, 0.4) is 0 Å². The topological polar surface area (TPSA) is 89.3 Å². The average Bonchev–Trinajstić information content (AvgIpc) is 1.71. The van der Waals surface area contributed by atoms with Crippen molar-refractivity contribution in [3.05, 3.63) is 0 Å². The SMILES string of the molecule is NC=O.NCCCO. The number of hydrogen-bond donors (Lipinski definition) is 3. The maximum atomic E-state index is 8.58. The highest BCUT2D eigenvalue weighted by Gasteiger charge is 1.69. The van der Waals surface area contributed by atoms with E-state index >= 15 is 0 Å². The van der Waals surface area contributed by atoms with Gasteiger partial charge in [-0.15, -0.1) is 0 Å². The zero-order valence-corrected chi connectivity index (χ0v) is 4.71. The van der Waals surface area contributed by atoms with E-state index in [1.165, 1.54) is 0 Å². The summed E-state index contributed by atoms with van der Waals surface area (Å²) in [6, 6.07) is 0. The Morgan fingerprint density at radius 3 is 2.00 bits per heavy atom. The van der Waals surface area contributed by atoms with Crippen LogP contribution in [0.5, 0.6) is 0 Å². The van der Waals surface area contributed by atoms with Crippen LogP contribution in [0.1, 0.15) is 6.42 Å². The van der Waals surface area contributed by atoms with Gasteiger partial charge in [-0.1, -0.05) is 0 Å². The van der Waals surface area contributed by atoms with Gasteiger partial charge in [0.05, 0.1) is 0 Å². The molecule has 50 valence electrons. The summed E-state index contributed by atoms with van der Waals surface area (Å²) >= 11 is 0. The van der Waals surface area contributed by atoms with Crippen LogP contribution in [-0.2, 0) is 4.79 Å². The third-order valence-corrected chi connectivity index (χ3v) is 0.362. The Kier molecular flexibility index (Phi) is 21.0. The molecular weight excluding hydrogens is 108 g/mol. The molecule has 0 aliphatic carbocycles. The van der Waals surface area contributed by atoms with Gasteiger partial charge in [0.25, 0.3) is 0 Å². The van der Waals surface area contributed by atoms with Gasteiger partial charge in [0.15, 0.2) is 0 Å². The molecule has 0 aromatic carbocycles. The molecule has 0 fully saturated rings. The standard InChI is InChI=1S/C3H9NO.CH3NO/c4-2-1-3-5;2-1-3/h5H,1-4H2;1H,(H2,2,3). The number of aliphatic hydroxyl groups excluding tert-OH is 1. The van der Waals surface area contributed by atoms with Crippen molar-refractivity contribution in [1.82, 2.24) is 0 Å². The summed E-state index contributed by atoms with van der Waals surface area (Å²) in [6.45, 7) is 0.812. The van der Waals surface area contributed by atoms with Crippen molar-refractivity contribution in [2.24, 2.45) is 11.5 Å². The van der Waals surface area contributed by atoms with Gasteiger partial charge in [-0.25, -0.2) is 0 Å². The minimum absolute atomic E-state index is 0.219. The smallest absolute Gasteiger partial charge is 0.204 e. The van der Waals surface area contributed by atoms with E-state index in [1.54, 1.807) is 0 Å². The largest absolute Gasteiger partial charge is 0.396 e. The van der Waals surface area contributed by atoms with Crippen LogP contribution in [0, 0.1) is 0 Å². The first-order valence-corrected chi connectivity index (χ1v) is 2.29. The highest BCUT2D eigenvalue weighted by molar-refractivity contribution is 5.42. The van der Waals surface area contributed by atoms with Crippen LogP contribution < -0.4 is 11.5 Å². The van der Waals surface area contributed by atoms with Gasteiger partial charge < -0.3 is 16.6 Å². The van der Waals surface area contributed by atoms with Crippen molar-refractivity contribution < 1.29 is 9.90 Å². The summed E-state index contributed by atoms with van der Waals surface area (Å²) in [5.74, 6) is 0. The Bertz CT molecular complexity index is 39.0. The summed E-state index contributed by atoms with van der Waals surface area (Å²) in [5.41, 5.74) is 9.15. The van der Waals surface area contributed by atoms with E-state index in [4.69, 9.17) is 15.6 Å². The molecule has 0 heterocycles. The lowest BCUT2D eigenvalue weighted by Gasteiger charge is -1.80. The highest BCUT2D eigenvalue weighted by Crippen LogP contribution is 1.62. The van der Waals surface area contributed by atoms with E-state index < -0.39 is 0 Å². The first-order valence-electron chi connectivity index (χ1n) is 2.29. The molecular formula is C4H12N2O2. The van der Waals surface area contributed by atoms with Crippen molar-refractivity contribution in [3.63, 3.8) is 0 Å². The van der Waals surface area contributed by atoms with Crippen molar-refractivity contribution in [2.45, 2.75) is 6.42 Å². The second kappa shape index (κ2) is 16.2. The predicted molar refractivity (Wildman–Crippen MR) is 31.0 cm³/mol. The van der Waals surface area contributed by atoms with E-state index in [0.29, 0.717) is 6.54 Å². The Labute approximate surface area is 48.5 Å². The molecule has 0 spiro atoms. The number of carbonyl (C=O) groups excluding carboxylic acids is 1. The summed E-state index contributed by atoms with van der Waals surface area (Å²) in [7, 11) is 0. The lowest BCUT2D eigenvalue weighted by molar-refractivity contribution is -0.106. The zero-order chi connectivity index (χ0) is 6.83. The Balaban J connectivity index is 0. The molecule has 0 aliphatic rings. The second-order valence-corrected chi connectivity index (χ2v) is 1.00. The van der Waals surface area contributed by atoms with Crippen LogP contribution in [0.15, 0.2) is 0 Å². The van der Waals surface area contributed by atoms with Crippen LogP contribution in [0.25, 0.3) is 0 Å². The number of hydrogen-bond acceptors (Lipinski definition) is 3. The number of rotatable bonds is 2. The molecule has 8 heavy (non-hydrogen) atoms. The zero-order valence-electron chi connectivity index (χ0n) is 4.71. The fraction of sp³-hybridized carbons (Fsp3) is 0.750. The van der Waals surface area contributed by atoms with Gasteiger partial charge in [0.1, 0.15) is 0 Å². The molecule has 4 nitrogen and oxygen atoms in total. The quantitative estimate of drug-likeness (QED) is 0.384. The molecule has 0 aliphatic heterocycles. The summed E-state index contributed by atoms with van der Waals surface area (Å²) in [5, 5.41) is 7.99. The minimum Gasteiger partial charge on any atom is -0.396 e. The normalized spacial score (nSPS) is 6.75. The molecule has 5 N–H and O–H groups in total. The fourth-order valence-electron chi connectivity index (χ4n) is 0.0913. The highest BCUT2D eigenvalue weighted by atomic mass is 16.3. The van der Waals surface area contributed by atoms with Crippen molar-refractivity contribution >= 4 is 6.41 Å². The first kappa shape index (κ1) is 10.4. The Morgan fingerprint density at radius 1 is 1.62 bits per heavy atom. The van der Waals surface area contributed by atoms with Gasteiger partial charge >= 0.3 is 0 Å². The average molecular weight is 120 g/mol. The van der Waals surface area contributed by atoms with Crippen LogP contribution >= 0.6 is 0 Å². The van der Waals surface area contributed by atoms with Crippen molar-refractivity contribution in [3.8, 4) is 0 Å². The monoisotopic (exact) mass is 120 g/mol. The third-order valence-electron chi connectivity index (χ3n) is 0.362. The van der Waals surface area contributed by atoms with Crippen LogP contribution in [0.2, 0.25) is 0 Å². The minimum atomic E-state index is 0.219. The van der Waals surface area contributed by atoms with Crippen LogP contribution in [0.4, 0.5) is 0 Å². The lowest BCUT2D eigenvalue weighted by Crippen LogP contribution is -1.99. The lowest BCUT2D eigenvalue weighted by atomic mass is 10.5.